The minimum Gasteiger partial charge on any atom is -0.398 e. The number of nitrogens with two attached hydrogens (primary N) is 1. The number of anilines is 1. The van der Waals surface area contributed by atoms with Gasteiger partial charge in [0.15, 0.2) is 0 Å². The SMILES string of the molecule is CNC(=O)c1c(C)ccc(N)c1C. The molecule has 1 rings (SSSR count). The molecule has 0 atom stereocenters. The van der Waals surface area contributed by atoms with E-state index in [1.807, 2.05) is 26.0 Å². The zero-order valence-corrected chi connectivity index (χ0v) is 8.14. The zero-order valence-electron chi connectivity index (χ0n) is 8.14. The number of hydrogen-bond donors (Lipinski definition) is 2. The number of benzene rings is 1. The lowest BCUT2D eigenvalue weighted by atomic mass is 10.0. The van der Waals surface area contributed by atoms with Crippen molar-refractivity contribution in [3.8, 4) is 0 Å². The summed E-state index contributed by atoms with van der Waals surface area (Å²) >= 11 is 0. The van der Waals surface area contributed by atoms with Crippen molar-refractivity contribution >= 4 is 11.6 Å². The van der Waals surface area contributed by atoms with Gasteiger partial charge in [-0.05, 0) is 31.0 Å². The molecule has 0 bridgehead atoms. The number of amides is 1. The van der Waals surface area contributed by atoms with Crippen LogP contribution in [-0.4, -0.2) is 13.0 Å². The summed E-state index contributed by atoms with van der Waals surface area (Å²) in [6, 6.07) is 3.67. The van der Waals surface area contributed by atoms with E-state index >= 15 is 0 Å². The summed E-state index contributed by atoms with van der Waals surface area (Å²) in [6.07, 6.45) is 0. The molecule has 70 valence electrons. The molecule has 0 aliphatic heterocycles. The maximum Gasteiger partial charge on any atom is 0.251 e. The molecule has 0 aliphatic rings. The Labute approximate surface area is 77.9 Å². The van der Waals surface area contributed by atoms with Crippen LogP contribution in [0.1, 0.15) is 21.5 Å². The van der Waals surface area contributed by atoms with Crippen molar-refractivity contribution in [1.82, 2.24) is 5.32 Å². The third-order valence-electron chi connectivity index (χ3n) is 2.17. The standard InChI is InChI=1S/C10H14N2O/c1-6-4-5-8(11)7(2)9(6)10(13)12-3/h4-5H,11H2,1-3H3,(H,12,13). The van der Waals surface area contributed by atoms with Crippen molar-refractivity contribution < 1.29 is 4.79 Å². The third-order valence-corrected chi connectivity index (χ3v) is 2.17. The second-order valence-corrected chi connectivity index (χ2v) is 3.05. The van der Waals surface area contributed by atoms with Crippen molar-refractivity contribution in [2.45, 2.75) is 13.8 Å². The quantitative estimate of drug-likeness (QED) is 0.636. The van der Waals surface area contributed by atoms with Gasteiger partial charge in [0.05, 0.1) is 0 Å². The fourth-order valence-corrected chi connectivity index (χ4v) is 1.34. The molecule has 0 saturated carbocycles. The number of nitrogens with one attached hydrogen (secondary N) is 1. The van der Waals surface area contributed by atoms with Crippen LogP contribution in [0.15, 0.2) is 12.1 Å². The average Bonchev–Trinajstić information content (AvgIpc) is 2.12. The molecule has 0 aromatic heterocycles. The Morgan fingerprint density at radius 3 is 2.54 bits per heavy atom. The summed E-state index contributed by atoms with van der Waals surface area (Å²) in [5.41, 5.74) is 8.84. The van der Waals surface area contributed by atoms with E-state index in [1.165, 1.54) is 0 Å². The van der Waals surface area contributed by atoms with E-state index in [0.717, 1.165) is 11.1 Å². The lowest BCUT2D eigenvalue weighted by molar-refractivity contribution is 0.0962. The summed E-state index contributed by atoms with van der Waals surface area (Å²) in [6.45, 7) is 3.75. The van der Waals surface area contributed by atoms with Crippen LogP contribution in [-0.2, 0) is 0 Å². The van der Waals surface area contributed by atoms with E-state index in [4.69, 9.17) is 5.73 Å². The fraction of sp³-hybridized carbons (Fsp3) is 0.300. The highest BCUT2D eigenvalue weighted by molar-refractivity contribution is 5.98. The summed E-state index contributed by atoms with van der Waals surface area (Å²) in [7, 11) is 1.62. The van der Waals surface area contributed by atoms with Gasteiger partial charge in [0.25, 0.3) is 5.91 Å². The largest absolute Gasteiger partial charge is 0.398 e. The van der Waals surface area contributed by atoms with Crippen LogP contribution in [0.4, 0.5) is 5.69 Å². The molecule has 0 fully saturated rings. The number of carbonyl (C=O) groups is 1. The van der Waals surface area contributed by atoms with Crippen molar-refractivity contribution in [3.05, 3.63) is 28.8 Å². The van der Waals surface area contributed by atoms with Gasteiger partial charge < -0.3 is 11.1 Å². The van der Waals surface area contributed by atoms with Crippen molar-refractivity contribution in [2.24, 2.45) is 0 Å². The average molecular weight is 178 g/mol. The van der Waals surface area contributed by atoms with Crippen LogP contribution in [0.3, 0.4) is 0 Å². The van der Waals surface area contributed by atoms with Gasteiger partial charge in [-0.25, -0.2) is 0 Å². The van der Waals surface area contributed by atoms with Crippen molar-refractivity contribution in [3.63, 3.8) is 0 Å². The monoisotopic (exact) mass is 178 g/mol. The van der Waals surface area contributed by atoms with Gasteiger partial charge in [0.2, 0.25) is 0 Å². The van der Waals surface area contributed by atoms with Gasteiger partial charge in [-0.2, -0.15) is 0 Å². The molecule has 0 unspecified atom stereocenters. The van der Waals surface area contributed by atoms with Crippen LogP contribution < -0.4 is 11.1 Å². The Morgan fingerprint density at radius 1 is 1.38 bits per heavy atom. The fourth-order valence-electron chi connectivity index (χ4n) is 1.34. The minimum atomic E-state index is -0.0812. The zero-order chi connectivity index (χ0) is 10.0. The molecule has 1 amide bonds. The van der Waals surface area contributed by atoms with Crippen LogP contribution >= 0.6 is 0 Å². The Morgan fingerprint density at radius 2 is 2.00 bits per heavy atom. The number of hydrogen-bond acceptors (Lipinski definition) is 2. The first-order chi connectivity index (χ1) is 6.07. The molecular formula is C10H14N2O. The van der Waals surface area contributed by atoms with Crippen LogP contribution in [0.5, 0.6) is 0 Å². The smallest absolute Gasteiger partial charge is 0.251 e. The Bertz CT molecular complexity index is 345. The maximum atomic E-state index is 11.4. The highest BCUT2D eigenvalue weighted by Crippen LogP contribution is 2.19. The minimum absolute atomic E-state index is 0.0812. The predicted octanol–water partition coefficient (Wildman–Crippen LogP) is 1.25. The molecule has 0 heterocycles. The molecule has 3 nitrogen and oxygen atoms in total. The first kappa shape index (κ1) is 9.58. The normalized spacial score (nSPS) is 9.77. The Kier molecular flexibility index (Phi) is 2.56. The first-order valence-corrected chi connectivity index (χ1v) is 4.15. The van der Waals surface area contributed by atoms with Gasteiger partial charge in [-0.3, -0.25) is 4.79 Å². The molecule has 3 N–H and O–H groups in total. The second-order valence-electron chi connectivity index (χ2n) is 3.05. The molecule has 0 aliphatic carbocycles. The molecule has 0 saturated heterocycles. The lowest BCUT2D eigenvalue weighted by Crippen LogP contribution is -2.20. The van der Waals surface area contributed by atoms with Crippen LogP contribution in [0.2, 0.25) is 0 Å². The van der Waals surface area contributed by atoms with E-state index in [0.29, 0.717) is 11.3 Å². The van der Waals surface area contributed by atoms with Gasteiger partial charge in [0.1, 0.15) is 0 Å². The van der Waals surface area contributed by atoms with Gasteiger partial charge >= 0.3 is 0 Å². The topological polar surface area (TPSA) is 55.1 Å². The lowest BCUT2D eigenvalue weighted by Gasteiger charge is -2.09. The van der Waals surface area contributed by atoms with E-state index in [2.05, 4.69) is 5.32 Å². The molecule has 0 spiro atoms. The molecular weight excluding hydrogens is 164 g/mol. The summed E-state index contributed by atoms with van der Waals surface area (Å²) in [4.78, 5) is 11.4. The van der Waals surface area contributed by atoms with E-state index in [1.54, 1.807) is 7.05 Å². The molecule has 0 radical (unpaired) electrons. The second kappa shape index (κ2) is 3.47. The van der Waals surface area contributed by atoms with E-state index in [-0.39, 0.29) is 5.91 Å². The molecule has 3 heteroatoms. The summed E-state index contributed by atoms with van der Waals surface area (Å²) in [5, 5.41) is 2.60. The maximum absolute atomic E-state index is 11.4. The van der Waals surface area contributed by atoms with Crippen molar-refractivity contribution in [2.75, 3.05) is 12.8 Å². The molecule has 1 aromatic rings. The third kappa shape index (κ3) is 1.64. The van der Waals surface area contributed by atoms with E-state index in [9.17, 15) is 4.79 Å². The Balaban J connectivity index is 3.33. The number of nitrogen functional groups attached to an aromatic ring is 1. The van der Waals surface area contributed by atoms with Crippen molar-refractivity contribution in [1.29, 1.82) is 0 Å². The van der Waals surface area contributed by atoms with Crippen LogP contribution in [0, 0.1) is 13.8 Å². The molecule has 13 heavy (non-hydrogen) atoms. The molecule has 1 aromatic carbocycles. The highest BCUT2D eigenvalue weighted by atomic mass is 16.1. The van der Waals surface area contributed by atoms with Crippen LogP contribution in [0.25, 0.3) is 0 Å². The summed E-state index contributed by atoms with van der Waals surface area (Å²) < 4.78 is 0. The van der Waals surface area contributed by atoms with E-state index < -0.39 is 0 Å². The number of rotatable bonds is 1. The highest BCUT2D eigenvalue weighted by Gasteiger charge is 2.11. The van der Waals surface area contributed by atoms with Gasteiger partial charge in [-0.1, -0.05) is 6.07 Å². The number of carbonyl (C=O) groups excluding carboxylic acids is 1. The van der Waals surface area contributed by atoms with Gasteiger partial charge in [-0.15, -0.1) is 0 Å². The predicted molar refractivity (Wildman–Crippen MR) is 53.7 cm³/mol. The van der Waals surface area contributed by atoms with Gasteiger partial charge in [0, 0.05) is 18.3 Å². The first-order valence-electron chi connectivity index (χ1n) is 4.15. The number of aryl methyl sites for hydroxylation is 1. The Hall–Kier alpha value is -1.51. The summed E-state index contributed by atoms with van der Waals surface area (Å²) in [5.74, 6) is -0.0812.